The molecule has 7 nitrogen and oxygen atoms in total. The minimum absolute atomic E-state index is 0.110. The number of amides is 1. The van der Waals surface area contributed by atoms with Crippen molar-refractivity contribution in [1.29, 1.82) is 0 Å². The molecule has 0 atom stereocenters. The fourth-order valence-corrected chi connectivity index (χ4v) is 2.73. The summed E-state index contributed by atoms with van der Waals surface area (Å²) in [5.41, 5.74) is 1.92. The van der Waals surface area contributed by atoms with E-state index < -0.39 is 16.1 Å². The Hall–Kier alpha value is -1.32. The van der Waals surface area contributed by atoms with Crippen LogP contribution < -0.4 is 15.0 Å². The van der Waals surface area contributed by atoms with E-state index in [9.17, 15) is 13.2 Å². The average molecular weight is 353 g/mol. The van der Waals surface area contributed by atoms with Crippen LogP contribution in [0, 0.1) is 0 Å². The van der Waals surface area contributed by atoms with Crippen LogP contribution >= 0.6 is 15.9 Å². The number of hydrogen-bond donors (Lipinski definition) is 2. The number of methoxy groups -OCH3 is 1. The molecule has 1 aromatic carbocycles. The number of carbonyl (C=O) groups is 1. The second kappa shape index (κ2) is 6.73. The van der Waals surface area contributed by atoms with Gasteiger partial charge in [-0.3, -0.25) is 0 Å². The van der Waals surface area contributed by atoms with E-state index in [-0.39, 0.29) is 17.3 Å². The van der Waals surface area contributed by atoms with Crippen molar-refractivity contribution >= 4 is 32.0 Å². The van der Waals surface area contributed by atoms with E-state index in [1.165, 1.54) is 19.2 Å². The molecule has 0 aliphatic heterocycles. The van der Waals surface area contributed by atoms with Crippen molar-refractivity contribution in [1.82, 2.24) is 10.3 Å². The van der Waals surface area contributed by atoms with E-state index in [0.717, 1.165) is 0 Å². The van der Waals surface area contributed by atoms with Crippen molar-refractivity contribution in [2.45, 2.75) is 11.8 Å². The molecule has 0 unspecified atom stereocenters. The van der Waals surface area contributed by atoms with Gasteiger partial charge in [0, 0.05) is 4.47 Å². The van der Waals surface area contributed by atoms with E-state index in [2.05, 4.69) is 20.7 Å². The first-order valence-corrected chi connectivity index (χ1v) is 7.46. The number of nitrogens with one attached hydrogen (secondary N) is 2. The zero-order valence-corrected chi connectivity index (χ0v) is 12.7. The molecule has 0 saturated carbocycles. The Morgan fingerprint density at radius 2 is 2.11 bits per heavy atom. The number of rotatable bonds is 5. The van der Waals surface area contributed by atoms with Crippen molar-refractivity contribution in [3.05, 3.63) is 22.7 Å². The van der Waals surface area contributed by atoms with Crippen LogP contribution in [-0.4, -0.2) is 28.2 Å². The number of sulfonamides is 1. The van der Waals surface area contributed by atoms with Crippen molar-refractivity contribution < 1.29 is 22.7 Å². The first-order chi connectivity index (χ1) is 8.90. The fourth-order valence-electron chi connectivity index (χ4n) is 1.19. The second-order valence-corrected chi connectivity index (χ2v) is 5.81. The quantitative estimate of drug-likeness (QED) is 0.781. The smallest absolute Gasteiger partial charge is 0.422 e. The minimum Gasteiger partial charge on any atom is -0.495 e. The Bertz CT molecular complexity index is 561. The third-order valence-corrected chi connectivity index (χ3v) is 3.74. The summed E-state index contributed by atoms with van der Waals surface area (Å²) >= 11 is 3.16. The number of ether oxygens (including phenoxy) is 2. The number of halogens is 1. The minimum atomic E-state index is -3.96. The Labute approximate surface area is 119 Å². The summed E-state index contributed by atoms with van der Waals surface area (Å²) in [5.74, 6) is 0.154. The molecular weight excluding hydrogens is 340 g/mol. The predicted molar refractivity (Wildman–Crippen MR) is 71.2 cm³/mol. The molecule has 0 radical (unpaired) electrons. The standard InChI is InChI=1S/C10H13BrN2O5S/c1-3-18-10(14)12-13-19(15,16)9-6-7(11)4-5-8(9)17-2/h4-6,13H,3H2,1-2H3,(H,12,14). The Morgan fingerprint density at radius 3 is 2.68 bits per heavy atom. The largest absolute Gasteiger partial charge is 0.495 e. The van der Waals surface area contributed by atoms with E-state index in [1.807, 2.05) is 10.3 Å². The molecule has 1 rings (SSSR count). The molecule has 0 spiro atoms. The van der Waals surface area contributed by atoms with E-state index in [1.54, 1.807) is 13.0 Å². The molecule has 1 amide bonds. The number of benzene rings is 1. The Kier molecular flexibility index (Phi) is 5.58. The number of carbonyl (C=O) groups excluding carboxylic acids is 1. The highest BCUT2D eigenvalue weighted by molar-refractivity contribution is 9.10. The third kappa shape index (κ3) is 4.37. The normalized spacial score (nSPS) is 10.9. The summed E-state index contributed by atoms with van der Waals surface area (Å²) in [7, 11) is -2.61. The van der Waals surface area contributed by atoms with Gasteiger partial charge in [0.2, 0.25) is 0 Å². The lowest BCUT2D eigenvalue weighted by molar-refractivity contribution is 0.150. The van der Waals surface area contributed by atoms with Gasteiger partial charge in [0.15, 0.2) is 0 Å². The van der Waals surface area contributed by atoms with Crippen molar-refractivity contribution in [3.8, 4) is 5.75 Å². The van der Waals surface area contributed by atoms with E-state index >= 15 is 0 Å². The van der Waals surface area contributed by atoms with Gasteiger partial charge in [0.1, 0.15) is 10.6 Å². The van der Waals surface area contributed by atoms with Crippen LogP contribution in [-0.2, 0) is 14.8 Å². The monoisotopic (exact) mass is 352 g/mol. The van der Waals surface area contributed by atoms with Crippen LogP contribution in [0.3, 0.4) is 0 Å². The second-order valence-electron chi connectivity index (χ2n) is 3.25. The van der Waals surface area contributed by atoms with Gasteiger partial charge in [-0.1, -0.05) is 15.9 Å². The molecule has 0 fully saturated rings. The first-order valence-electron chi connectivity index (χ1n) is 5.19. The third-order valence-electron chi connectivity index (χ3n) is 1.98. The SMILES string of the molecule is CCOC(=O)NNS(=O)(=O)c1cc(Br)ccc1OC. The van der Waals surface area contributed by atoms with Crippen molar-refractivity contribution in [2.24, 2.45) is 0 Å². The van der Waals surface area contributed by atoms with E-state index in [0.29, 0.717) is 4.47 Å². The van der Waals surface area contributed by atoms with Gasteiger partial charge in [-0.05, 0) is 25.1 Å². The van der Waals surface area contributed by atoms with Gasteiger partial charge >= 0.3 is 6.09 Å². The Balaban J connectivity index is 2.94. The zero-order valence-electron chi connectivity index (χ0n) is 10.3. The summed E-state index contributed by atoms with van der Waals surface area (Å²) < 4.78 is 34.0. The first kappa shape index (κ1) is 15.7. The lowest BCUT2D eigenvalue weighted by Crippen LogP contribution is -2.41. The average Bonchev–Trinajstić information content (AvgIpc) is 2.37. The molecule has 0 aliphatic rings. The summed E-state index contributed by atoms with van der Waals surface area (Å²) in [5, 5.41) is 0. The highest BCUT2D eigenvalue weighted by Gasteiger charge is 2.20. The molecular formula is C10H13BrN2O5S. The van der Waals surface area contributed by atoms with Crippen LogP contribution in [0.2, 0.25) is 0 Å². The molecule has 106 valence electrons. The predicted octanol–water partition coefficient (Wildman–Crippen LogP) is 1.40. The lowest BCUT2D eigenvalue weighted by Gasteiger charge is -2.11. The molecule has 0 saturated heterocycles. The maximum Gasteiger partial charge on any atom is 0.422 e. The number of hydrogen-bond acceptors (Lipinski definition) is 5. The van der Waals surface area contributed by atoms with Crippen LogP contribution in [0.4, 0.5) is 4.79 Å². The molecule has 2 N–H and O–H groups in total. The lowest BCUT2D eigenvalue weighted by atomic mass is 10.3. The number of hydrazine groups is 1. The maximum absolute atomic E-state index is 12.0. The highest BCUT2D eigenvalue weighted by atomic mass is 79.9. The molecule has 9 heteroatoms. The van der Waals surface area contributed by atoms with Gasteiger partial charge in [0.25, 0.3) is 10.0 Å². The Morgan fingerprint density at radius 1 is 1.42 bits per heavy atom. The fraction of sp³-hybridized carbons (Fsp3) is 0.300. The molecule has 0 heterocycles. The van der Waals surface area contributed by atoms with Crippen molar-refractivity contribution in [2.75, 3.05) is 13.7 Å². The molecule has 0 aromatic heterocycles. The molecule has 0 aliphatic carbocycles. The van der Waals surface area contributed by atoms with Gasteiger partial charge in [0.05, 0.1) is 13.7 Å². The van der Waals surface area contributed by atoms with Gasteiger partial charge in [-0.15, -0.1) is 4.83 Å². The topological polar surface area (TPSA) is 93.7 Å². The van der Waals surface area contributed by atoms with Crippen LogP contribution in [0.5, 0.6) is 5.75 Å². The highest BCUT2D eigenvalue weighted by Crippen LogP contribution is 2.26. The summed E-state index contributed by atoms with van der Waals surface area (Å²) in [6.07, 6.45) is -0.889. The maximum atomic E-state index is 12.0. The van der Waals surface area contributed by atoms with Gasteiger partial charge in [-0.2, -0.15) is 0 Å². The van der Waals surface area contributed by atoms with Crippen LogP contribution in [0.1, 0.15) is 6.92 Å². The van der Waals surface area contributed by atoms with Crippen LogP contribution in [0.15, 0.2) is 27.6 Å². The van der Waals surface area contributed by atoms with Gasteiger partial charge < -0.3 is 9.47 Å². The zero-order chi connectivity index (χ0) is 14.5. The van der Waals surface area contributed by atoms with Gasteiger partial charge in [-0.25, -0.2) is 18.6 Å². The van der Waals surface area contributed by atoms with E-state index in [4.69, 9.17) is 4.74 Å². The molecule has 19 heavy (non-hydrogen) atoms. The molecule has 0 bridgehead atoms. The van der Waals surface area contributed by atoms with Crippen molar-refractivity contribution in [3.63, 3.8) is 0 Å². The molecule has 1 aromatic rings. The summed E-state index contributed by atoms with van der Waals surface area (Å²) in [6.45, 7) is 1.74. The van der Waals surface area contributed by atoms with Crippen LogP contribution in [0.25, 0.3) is 0 Å². The summed E-state index contributed by atoms with van der Waals surface area (Å²) in [4.78, 5) is 12.8. The summed E-state index contributed by atoms with van der Waals surface area (Å²) in [6, 6.07) is 4.48.